The molecular weight excluding hydrogens is 370 g/mol. The third kappa shape index (κ3) is 3.98. The maximum absolute atomic E-state index is 12.6. The van der Waals surface area contributed by atoms with Gasteiger partial charge in [0.1, 0.15) is 6.54 Å². The van der Waals surface area contributed by atoms with Gasteiger partial charge in [0.2, 0.25) is 5.91 Å². The van der Waals surface area contributed by atoms with Gasteiger partial charge in [-0.1, -0.05) is 49.1 Å². The molecule has 5 amide bonds. The molecule has 144 valence electrons. The number of urea groups is 1. The minimum absolute atomic E-state index is 0.252. The first-order valence-electron chi connectivity index (χ1n) is 9.13. The Morgan fingerprint density at radius 3 is 2.48 bits per heavy atom. The van der Waals surface area contributed by atoms with Crippen molar-refractivity contribution in [2.24, 2.45) is 0 Å². The van der Waals surface area contributed by atoms with Gasteiger partial charge in [0, 0.05) is 11.1 Å². The number of halogens is 1. The summed E-state index contributed by atoms with van der Waals surface area (Å²) in [6, 6.07) is 5.74. The highest BCUT2D eigenvalue weighted by Crippen LogP contribution is 2.27. The second kappa shape index (κ2) is 8.08. The summed E-state index contributed by atoms with van der Waals surface area (Å²) < 4.78 is 0. The molecule has 1 aliphatic heterocycles. The topological polar surface area (TPSA) is 86.8 Å². The number of amides is 5. The van der Waals surface area contributed by atoms with E-state index in [-0.39, 0.29) is 6.04 Å². The van der Waals surface area contributed by atoms with Crippen LogP contribution in [0.25, 0.3) is 0 Å². The van der Waals surface area contributed by atoms with Gasteiger partial charge in [0.25, 0.3) is 0 Å². The number of carbonyl (C=O) groups is 4. The third-order valence-corrected chi connectivity index (χ3v) is 5.42. The molecule has 0 spiro atoms. The lowest BCUT2D eigenvalue weighted by molar-refractivity contribution is -0.144. The minimum Gasteiger partial charge on any atom is -0.348 e. The monoisotopic (exact) mass is 391 g/mol. The first kappa shape index (κ1) is 19.4. The number of imide groups is 2. The van der Waals surface area contributed by atoms with Gasteiger partial charge in [-0.15, -0.1) is 0 Å². The van der Waals surface area contributed by atoms with Gasteiger partial charge < -0.3 is 5.32 Å². The summed E-state index contributed by atoms with van der Waals surface area (Å²) >= 11 is 6.12. The largest absolute Gasteiger partial charge is 0.348 e. The second-order valence-corrected chi connectivity index (χ2v) is 7.36. The molecule has 1 unspecified atom stereocenters. The van der Waals surface area contributed by atoms with E-state index in [1.807, 2.05) is 0 Å². The number of rotatable bonds is 5. The first-order chi connectivity index (χ1) is 12.9. The van der Waals surface area contributed by atoms with Gasteiger partial charge in [-0.2, -0.15) is 0 Å². The van der Waals surface area contributed by atoms with Crippen molar-refractivity contribution in [2.45, 2.75) is 51.1 Å². The van der Waals surface area contributed by atoms with Gasteiger partial charge in [-0.05, 0) is 31.4 Å². The third-order valence-electron chi connectivity index (χ3n) is 5.07. The van der Waals surface area contributed by atoms with Crippen molar-refractivity contribution >= 4 is 35.4 Å². The van der Waals surface area contributed by atoms with Crippen molar-refractivity contribution in [3.05, 3.63) is 34.9 Å². The molecule has 3 rings (SSSR count). The Hall–Kier alpha value is -2.41. The van der Waals surface area contributed by atoms with Crippen LogP contribution >= 0.6 is 11.6 Å². The Kier molecular flexibility index (Phi) is 5.79. The molecule has 0 radical (unpaired) electrons. The van der Waals surface area contributed by atoms with E-state index in [1.165, 1.54) is 0 Å². The van der Waals surface area contributed by atoms with Crippen LogP contribution in [0.1, 0.15) is 50.6 Å². The number of hydrogen-bond acceptors (Lipinski definition) is 4. The maximum Gasteiger partial charge on any atom is 0.334 e. The highest BCUT2D eigenvalue weighted by atomic mass is 35.5. The molecule has 0 bridgehead atoms. The lowest BCUT2D eigenvalue weighted by Crippen LogP contribution is -2.44. The quantitative estimate of drug-likeness (QED) is 0.617. The lowest BCUT2D eigenvalue weighted by Gasteiger charge is -2.28. The Labute approximate surface area is 162 Å². The lowest BCUT2D eigenvalue weighted by atomic mass is 9.94. The fourth-order valence-corrected chi connectivity index (χ4v) is 3.96. The van der Waals surface area contributed by atoms with Crippen LogP contribution in [0.5, 0.6) is 0 Å². The molecule has 2 aliphatic rings. The van der Waals surface area contributed by atoms with Crippen molar-refractivity contribution in [3.63, 3.8) is 0 Å². The second-order valence-electron chi connectivity index (χ2n) is 6.95. The van der Waals surface area contributed by atoms with E-state index in [1.54, 1.807) is 31.2 Å². The Morgan fingerprint density at radius 2 is 1.81 bits per heavy atom. The summed E-state index contributed by atoms with van der Waals surface area (Å²) in [5, 5.41) is 3.23. The zero-order valence-electron chi connectivity index (χ0n) is 15.1. The van der Waals surface area contributed by atoms with E-state index in [0.29, 0.717) is 17.9 Å². The molecule has 1 aromatic carbocycles. The fraction of sp³-hybridized carbons (Fsp3) is 0.474. The van der Waals surface area contributed by atoms with Crippen LogP contribution in [0, 0.1) is 0 Å². The molecule has 1 saturated heterocycles. The molecule has 1 N–H and O–H groups in total. The van der Waals surface area contributed by atoms with Crippen LogP contribution in [0.3, 0.4) is 0 Å². The van der Waals surface area contributed by atoms with Gasteiger partial charge in [-0.25, -0.2) is 9.69 Å². The number of nitrogens with one attached hydrogen (secondary N) is 1. The van der Waals surface area contributed by atoms with Crippen LogP contribution in [0.15, 0.2) is 24.3 Å². The molecule has 27 heavy (non-hydrogen) atoms. The summed E-state index contributed by atoms with van der Waals surface area (Å²) in [6.07, 6.45) is 4.31. The van der Waals surface area contributed by atoms with Crippen LogP contribution in [-0.4, -0.2) is 46.1 Å². The minimum atomic E-state index is -0.939. The van der Waals surface area contributed by atoms with Crippen molar-refractivity contribution in [1.82, 2.24) is 15.1 Å². The molecule has 8 heteroatoms. The molecule has 0 aromatic heterocycles. The maximum atomic E-state index is 12.6. The molecule has 2 fully saturated rings. The number of carbonyl (C=O) groups excluding carboxylic acids is 4. The Bertz CT molecular complexity index is 776. The van der Waals surface area contributed by atoms with Crippen molar-refractivity contribution < 1.29 is 19.2 Å². The summed E-state index contributed by atoms with van der Waals surface area (Å²) in [5.41, 5.74) is 0.728. The average molecular weight is 392 g/mol. The summed E-state index contributed by atoms with van der Waals surface area (Å²) in [4.78, 5) is 51.2. The van der Waals surface area contributed by atoms with Crippen molar-refractivity contribution in [2.75, 3.05) is 6.54 Å². The zero-order chi connectivity index (χ0) is 19.6. The van der Waals surface area contributed by atoms with Gasteiger partial charge in [-0.3, -0.25) is 19.3 Å². The van der Waals surface area contributed by atoms with E-state index >= 15 is 0 Å². The van der Waals surface area contributed by atoms with E-state index in [9.17, 15) is 19.2 Å². The molecule has 1 saturated carbocycles. The molecule has 1 aromatic rings. The predicted octanol–water partition coefficient (Wildman–Crippen LogP) is 2.64. The predicted molar refractivity (Wildman–Crippen MR) is 98.8 cm³/mol. The van der Waals surface area contributed by atoms with Crippen molar-refractivity contribution in [3.8, 4) is 0 Å². The van der Waals surface area contributed by atoms with Crippen LogP contribution in [0.2, 0.25) is 5.02 Å². The van der Waals surface area contributed by atoms with Crippen LogP contribution in [-0.2, 0) is 14.4 Å². The standard InChI is InChI=1S/C19H22ClN3O4/c1-12(14-9-5-6-10-15(14)20)21-16(24)11-22-17(25)18(26)23(19(22)27)13-7-3-2-4-8-13/h5-6,9-10,12-13H,2-4,7-8,11H2,1H3,(H,21,24). The van der Waals surface area contributed by atoms with E-state index in [4.69, 9.17) is 11.6 Å². The summed E-state index contributed by atoms with van der Waals surface area (Å²) in [6.45, 7) is 1.27. The van der Waals surface area contributed by atoms with E-state index < -0.39 is 36.3 Å². The van der Waals surface area contributed by atoms with Gasteiger partial charge in [0.15, 0.2) is 0 Å². The molecule has 1 atom stereocenters. The average Bonchev–Trinajstić information content (AvgIpc) is 2.86. The summed E-state index contributed by atoms with van der Waals surface area (Å²) in [5.74, 6) is -2.30. The van der Waals surface area contributed by atoms with Crippen LogP contribution < -0.4 is 5.32 Å². The zero-order valence-corrected chi connectivity index (χ0v) is 15.9. The van der Waals surface area contributed by atoms with E-state index in [2.05, 4.69) is 5.32 Å². The van der Waals surface area contributed by atoms with Gasteiger partial charge in [0.05, 0.1) is 6.04 Å². The van der Waals surface area contributed by atoms with Crippen molar-refractivity contribution in [1.29, 1.82) is 0 Å². The summed E-state index contributed by atoms with van der Waals surface area (Å²) in [7, 11) is 0. The molecule has 1 aliphatic carbocycles. The Morgan fingerprint density at radius 1 is 1.15 bits per heavy atom. The normalized spacial score (nSPS) is 19.6. The smallest absolute Gasteiger partial charge is 0.334 e. The van der Waals surface area contributed by atoms with Gasteiger partial charge >= 0.3 is 17.8 Å². The molecule has 7 nitrogen and oxygen atoms in total. The SMILES string of the molecule is CC(NC(=O)CN1C(=O)C(=O)N(C2CCCCC2)C1=O)c1ccccc1Cl. The first-order valence-corrected chi connectivity index (χ1v) is 9.50. The molecular formula is C19H22ClN3O4. The number of hydrogen-bond donors (Lipinski definition) is 1. The number of nitrogens with zero attached hydrogens (tertiary/aromatic N) is 2. The highest BCUT2D eigenvalue weighted by Gasteiger charge is 2.48. The van der Waals surface area contributed by atoms with E-state index in [0.717, 1.165) is 34.6 Å². The fourth-order valence-electron chi connectivity index (χ4n) is 3.66. The highest BCUT2D eigenvalue weighted by molar-refractivity contribution is 6.45. The molecule has 1 heterocycles. The van der Waals surface area contributed by atoms with Crippen LogP contribution in [0.4, 0.5) is 4.79 Å². The Balaban J connectivity index is 1.65. The number of benzene rings is 1.